The summed E-state index contributed by atoms with van der Waals surface area (Å²) >= 11 is 4.89. The normalized spacial score (nSPS) is 15.2. The Balaban J connectivity index is 1.87. The molecule has 0 saturated heterocycles. The minimum Gasteiger partial charge on any atom is -0.306 e. The predicted molar refractivity (Wildman–Crippen MR) is 71.4 cm³/mol. The van der Waals surface area contributed by atoms with Crippen molar-refractivity contribution in [1.82, 2.24) is 24.7 Å². The minimum atomic E-state index is 0.788. The van der Waals surface area contributed by atoms with Gasteiger partial charge in [0.15, 0.2) is 5.16 Å². The first-order chi connectivity index (χ1) is 8.83. The van der Waals surface area contributed by atoms with Gasteiger partial charge in [0.25, 0.3) is 0 Å². The number of rotatable bonds is 2. The average molecular weight is 326 g/mol. The van der Waals surface area contributed by atoms with Gasteiger partial charge in [0.1, 0.15) is 21.8 Å². The molecule has 0 spiro atoms. The molecule has 0 fully saturated rings. The summed E-state index contributed by atoms with van der Waals surface area (Å²) in [7, 11) is 0. The molecule has 3 heterocycles. The van der Waals surface area contributed by atoms with Crippen LogP contribution in [-0.2, 0) is 13.0 Å². The minimum absolute atomic E-state index is 0.788. The highest BCUT2D eigenvalue weighted by Crippen LogP contribution is 2.27. The highest BCUT2D eigenvalue weighted by atomic mass is 79.9. The fourth-order valence-corrected chi connectivity index (χ4v) is 3.31. The Hall–Kier alpha value is -0.950. The van der Waals surface area contributed by atoms with Crippen molar-refractivity contribution >= 4 is 27.7 Å². The summed E-state index contributed by atoms with van der Waals surface area (Å²) in [4.78, 5) is 8.25. The van der Waals surface area contributed by atoms with Crippen LogP contribution in [-0.4, -0.2) is 24.7 Å². The molecule has 3 rings (SSSR count). The van der Waals surface area contributed by atoms with E-state index in [2.05, 4.69) is 40.7 Å². The molecular formula is C11H12BrN5S. The molecule has 0 amide bonds. The number of halogens is 1. The molecule has 5 nitrogen and oxygen atoms in total. The summed E-state index contributed by atoms with van der Waals surface area (Å²) in [5, 5.41) is 10.4. The van der Waals surface area contributed by atoms with Gasteiger partial charge < -0.3 is 4.57 Å². The number of aromatic nitrogens is 5. The summed E-state index contributed by atoms with van der Waals surface area (Å²) < 4.78 is 3.00. The molecule has 0 unspecified atom stereocenters. The van der Waals surface area contributed by atoms with Crippen LogP contribution in [0.5, 0.6) is 0 Å². The second-order valence-corrected chi connectivity index (χ2v) is 5.94. The molecule has 2 aromatic heterocycles. The van der Waals surface area contributed by atoms with Crippen molar-refractivity contribution in [2.75, 3.05) is 0 Å². The zero-order valence-corrected chi connectivity index (χ0v) is 12.1. The molecule has 7 heteroatoms. The predicted octanol–water partition coefficient (Wildman–Crippen LogP) is 2.71. The molecule has 2 aromatic rings. The Morgan fingerprint density at radius 3 is 3.00 bits per heavy atom. The Labute approximate surface area is 118 Å². The van der Waals surface area contributed by atoms with Crippen molar-refractivity contribution in [3.8, 4) is 0 Å². The van der Waals surface area contributed by atoms with Gasteiger partial charge in [0.05, 0.1) is 0 Å². The maximum absolute atomic E-state index is 4.27. The van der Waals surface area contributed by atoms with E-state index in [4.69, 9.17) is 0 Å². The fraction of sp³-hybridized carbons (Fsp3) is 0.455. The smallest absolute Gasteiger partial charge is 0.197 e. The molecule has 0 N–H and O–H groups in total. The molecular weight excluding hydrogens is 314 g/mol. The standard InChI is InChI=1S/C11H12BrN5S/c12-8-6-10(14-7-13-8)18-11-16-15-9-4-2-1-3-5-17(9)11/h6-7H,1-5H2. The SMILES string of the molecule is Brc1cc(Sc2nnc3n2CCCCC3)ncn1. The topological polar surface area (TPSA) is 56.5 Å². The van der Waals surface area contributed by atoms with Gasteiger partial charge in [-0.15, -0.1) is 10.2 Å². The first-order valence-electron chi connectivity index (χ1n) is 5.90. The lowest BCUT2D eigenvalue weighted by Gasteiger charge is -2.05. The molecule has 0 aliphatic carbocycles. The summed E-state index contributed by atoms with van der Waals surface area (Å²) in [6.07, 6.45) is 6.26. The van der Waals surface area contributed by atoms with E-state index in [-0.39, 0.29) is 0 Å². The van der Waals surface area contributed by atoms with Crippen LogP contribution in [0.4, 0.5) is 0 Å². The maximum Gasteiger partial charge on any atom is 0.197 e. The van der Waals surface area contributed by atoms with Crippen LogP contribution >= 0.6 is 27.7 Å². The van der Waals surface area contributed by atoms with Crippen LogP contribution in [0.25, 0.3) is 0 Å². The van der Waals surface area contributed by atoms with E-state index in [0.717, 1.165) is 33.6 Å². The molecule has 94 valence electrons. The Kier molecular flexibility index (Phi) is 3.60. The lowest BCUT2D eigenvalue weighted by molar-refractivity contribution is 0.590. The second-order valence-electron chi connectivity index (χ2n) is 4.14. The van der Waals surface area contributed by atoms with E-state index < -0.39 is 0 Å². The third-order valence-electron chi connectivity index (χ3n) is 2.88. The van der Waals surface area contributed by atoms with Crippen molar-refractivity contribution < 1.29 is 0 Å². The first kappa shape index (κ1) is 12.1. The lowest BCUT2D eigenvalue weighted by atomic mass is 10.2. The third-order valence-corrected chi connectivity index (χ3v) is 4.23. The van der Waals surface area contributed by atoms with E-state index in [1.807, 2.05) is 6.07 Å². The number of fused-ring (bicyclic) bond motifs is 1. The number of hydrogen-bond donors (Lipinski definition) is 0. The van der Waals surface area contributed by atoms with Gasteiger partial charge in [0, 0.05) is 19.0 Å². The molecule has 0 aromatic carbocycles. The second kappa shape index (κ2) is 5.36. The van der Waals surface area contributed by atoms with Gasteiger partial charge in [0.2, 0.25) is 0 Å². The quantitative estimate of drug-likeness (QED) is 0.794. The number of hydrogen-bond acceptors (Lipinski definition) is 5. The highest BCUT2D eigenvalue weighted by molar-refractivity contribution is 9.10. The molecule has 0 atom stereocenters. The highest BCUT2D eigenvalue weighted by Gasteiger charge is 2.15. The van der Waals surface area contributed by atoms with Gasteiger partial charge in [-0.05, 0) is 40.5 Å². The molecule has 0 bridgehead atoms. The van der Waals surface area contributed by atoms with Gasteiger partial charge in [-0.2, -0.15) is 0 Å². The van der Waals surface area contributed by atoms with E-state index in [1.165, 1.54) is 19.3 Å². The van der Waals surface area contributed by atoms with Crippen molar-refractivity contribution in [3.63, 3.8) is 0 Å². The van der Waals surface area contributed by atoms with E-state index in [1.54, 1.807) is 18.1 Å². The van der Waals surface area contributed by atoms with Crippen LogP contribution in [0.1, 0.15) is 25.1 Å². The average Bonchev–Trinajstić information content (AvgIpc) is 2.60. The summed E-state index contributed by atoms with van der Waals surface area (Å²) in [5.74, 6) is 1.10. The molecule has 1 aliphatic rings. The molecule has 18 heavy (non-hydrogen) atoms. The molecule has 0 radical (unpaired) electrons. The summed E-state index contributed by atoms with van der Waals surface area (Å²) in [6.45, 7) is 1.01. The van der Waals surface area contributed by atoms with Crippen molar-refractivity contribution in [3.05, 3.63) is 22.8 Å². The zero-order valence-electron chi connectivity index (χ0n) is 9.71. The molecule has 1 aliphatic heterocycles. The van der Waals surface area contributed by atoms with Crippen LogP contribution in [0.15, 0.2) is 27.2 Å². The first-order valence-corrected chi connectivity index (χ1v) is 7.51. The Bertz CT molecular complexity index is 556. The zero-order chi connectivity index (χ0) is 12.4. The largest absolute Gasteiger partial charge is 0.306 e. The van der Waals surface area contributed by atoms with E-state index in [9.17, 15) is 0 Å². The summed E-state index contributed by atoms with van der Waals surface area (Å²) in [5.41, 5.74) is 0. The third kappa shape index (κ3) is 2.56. The van der Waals surface area contributed by atoms with Gasteiger partial charge in [-0.1, -0.05) is 6.42 Å². The number of nitrogens with zero attached hydrogens (tertiary/aromatic N) is 5. The van der Waals surface area contributed by atoms with Gasteiger partial charge in [-0.3, -0.25) is 0 Å². The maximum atomic E-state index is 4.27. The Morgan fingerprint density at radius 1 is 1.17 bits per heavy atom. The van der Waals surface area contributed by atoms with Crippen LogP contribution in [0.3, 0.4) is 0 Å². The lowest BCUT2D eigenvalue weighted by Crippen LogP contribution is -2.02. The van der Waals surface area contributed by atoms with Crippen molar-refractivity contribution in [2.24, 2.45) is 0 Å². The number of aryl methyl sites for hydroxylation is 1. The molecule has 0 saturated carbocycles. The fourth-order valence-electron chi connectivity index (χ4n) is 2.00. The van der Waals surface area contributed by atoms with Crippen LogP contribution in [0.2, 0.25) is 0 Å². The van der Waals surface area contributed by atoms with Crippen molar-refractivity contribution in [1.29, 1.82) is 0 Å². The summed E-state index contributed by atoms with van der Waals surface area (Å²) in [6, 6.07) is 1.89. The van der Waals surface area contributed by atoms with Crippen LogP contribution in [0, 0.1) is 0 Å². The monoisotopic (exact) mass is 325 g/mol. The van der Waals surface area contributed by atoms with Crippen molar-refractivity contribution in [2.45, 2.75) is 42.4 Å². The Morgan fingerprint density at radius 2 is 2.11 bits per heavy atom. The van der Waals surface area contributed by atoms with Gasteiger partial charge in [-0.25, -0.2) is 9.97 Å². The van der Waals surface area contributed by atoms with Crippen LogP contribution < -0.4 is 0 Å². The van der Waals surface area contributed by atoms with E-state index >= 15 is 0 Å². The van der Waals surface area contributed by atoms with E-state index in [0.29, 0.717) is 0 Å². The van der Waals surface area contributed by atoms with Gasteiger partial charge >= 0.3 is 0 Å².